The number of aliphatic hydroxyl groups is 1. The van der Waals surface area contributed by atoms with Gasteiger partial charge in [-0.3, -0.25) is 4.90 Å². The molecule has 5 heterocycles. The Labute approximate surface area is 219 Å². The first-order chi connectivity index (χ1) is 17.9. The van der Waals surface area contributed by atoms with Gasteiger partial charge in [-0.25, -0.2) is 0 Å². The van der Waals surface area contributed by atoms with Crippen molar-refractivity contribution in [1.82, 2.24) is 24.3 Å². The molecular weight excluding hydrogens is 464 g/mol. The molecular formula is C28H38N8O. The average molecular weight is 503 g/mol. The summed E-state index contributed by atoms with van der Waals surface area (Å²) in [5.41, 5.74) is 12.1. The molecule has 9 nitrogen and oxygen atoms in total. The lowest BCUT2D eigenvalue weighted by atomic mass is 9.92. The summed E-state index contributed by atoms with van der Waals surface area (Å²) in [7, 11) is 4.17. The first kappa shape index (κ1) is 24.2. The predicted molar refractivity (Wildman–Crippen MR) is 148 cm³/mol. The van der Waals surface area contributed by atoms with Crippen LogP contribution in [0.5, 0.6) is 0 Å². The van der Waals surface area contributed by atoms with E-state index in [9.17, 15) is 5.11 Å². The van der Waals surface area contributed by atoms with Gasteiger partial charge in [0, 0.05) is 71.2 Å². The Bertz CT molecular complexity index is 1280. The quantitative estimate of drug-likeness (QED) is 0.550. The fourth-order valence-corrected chi connectivity index (χ4v) is 5.78. The predicted octanol–water partition coefficient (Wildman–Crippen LogP) is 2.46. The molecule has 3 aliphatic rings. The van der Waals surface area contributed by atoms with E-state index < -0.39 is 6.23 Å². The number of benzene rings is 1. The Morgan fingerprint density at radius 2 is 1.68 bits per heavy atom. The summed E-state index contributed by atoms with van der Waals surface area (Å²) in [5.74, 6) is 2.14. The third-order valence-electron chi connectivity index (χ3n) is 8.31. The van der Waals surface area contributed by atoms with Gasteiger partial charge >= 0.3 is 0 Å². The van der Waals surface area contributed by atoms with E-state index in [2.05, 4.69) is 84.6 Å². The summed E-state index contributed by atoms with van der Waals surface area (Å²) >= 11 is 0. The fraction of sp³-hybridized carbons (Fsp3) is 0.500. The van der Waals surface area contributed by atoms with Crippen molar-refractivity contribution in [1.29, 1.82) is 0 Å². The van der Waals surface area contributed by atoms with Crippen LogP contribution < -0.4 is 15.5 Å². The first-order valence-corrected chi connectivity index (χ1v) is 13.4. The summed E-state index contributed by atoms with van der Waals surface area (Å²) in [4.78, 5) is 18.3. The van der Waals surface area contributed by atoms with Crippen molar-refractivity contribution < 1.29 is 5.11 Å². The number of hydrogen-bond acceptors (Lipinski definition) is 8. The molecule has 1 aromatic carbocycles. The van der Waals surface area contributed by atoms with Crippen LogP contribution in [-0.4, -0.2) is 81.8 Å². The van der Waals surface area contributed by atoms with Gasteiger partial charge in [0.25, 0.3) is 0 Å². The highest BCUT2D eigenvalue weighted by atomic mass is 16.3. The second-order valence-corrected chi connectivity index (χ2v) is 10.9. The normalized spacial score (nSPS) is 21.6. The molecule has 196 valence electrons. The van der Waals surface area contributed by atoms with E-state index in [1.54, 1.807) is 0 Å². The van der Waals surface area contributed by atoms with Crippen molar-refractivity contribution in [2.45, 2.75) is 38.6 Å². The molecule has 0 saturated carbocycles. The SMILES string of the molecule is CC1Cc2ccc(-c3cc(C(O)N4CCC4)n(C)c3)cc2CN1c1cc(N2CCN(C)CC2)nc(N)n1. The lowest BCUT2D eigenvalue weighted by molar-refractivity contribution is -0.0409. The fourth-order valence-electron chi connectivity index (χ4n) is 5.78. The van der Waals surface area contributed by atoms with Gasteiger partial charge in [-0.05, 0) is 61.2 Å². The van der Waals surface area contributed by atoms with Crippen LogP contribution in [0.15, 0.2) is 36.5 Å². The zero-order valence-electron chi connectivity index (χ0n) is 22.1. The van der Waals surface area contributed by atoms with E-state index in [0.29, 0.717) is 12.0 Å². The molecule has 0 bridgehead atoms. The maximum absolute atomic E-state index is 10.8. The second-order valence-electron chi connectivity index (χ2n) is 10.9. The molecule has 2 atom stereocenters. The van der Waals surface area contributed by atoms with E-state index >= 15 is 0 Å². The smallest absolute Gasteiger partial charge is 0.223 e. The molecule has 2 aromatic heterocycles. The number of fused-ring (bicyclic) bond motifs is 1. The monoisotopic (exact) mass is 502 g/mol. The van der Waals surface area contributed by atoms with Gasteiger partial charge in [0.2, 0.25) is 5.95 Å². The maximum Gasteiger partial charge on any atom is 0.223 e. The van der Waals surface area contributed by atoms with Gasteiger partial charge in [-0.2, -0.15) is 9.97 Å². The van der Waals surface area contributed by atoms with Crippen molar-refractivity contribution in [2.24, 2.45) is 7.05 Å². The van der Waals surface area contributed by atoms with Crippen LogP contribution in [0, 0.1) is 0 Å². The maximum atomic E-state index is 10.8. The Balaban J connectivity index is 1.26. The van der Waals surface area contributed by atoms with Crippen LogP contribution in [-0.2, 0) is 20.0 Å². The molecule has 0 radical (unpaired) electrons. The van der Waals surface area contributed by atoms with Gasteiger partial charge in [-0.1, -0.05) is 12.1 Å². The zero-order chi connectivity index (χ0) is 25.7. The number of nitrogens with two attached hydrogens (primary N) is 1. The Morgan fingerprint density at radius 1 is 0.919 bits per heavy atom. The van der Waals surface area contributed by atoms with Crippen molar-refractivity contribution in [2.75, 3.05) is 61.8 Å². The lowest BCUT2D eigenvalue weighted by Crippen LogP contribution is -2.45. The minimum atomic E-state index is -0.542. The van der Waals surface area contributed by atoms with Gasteiger partial charge in [0.05, 0.1) is 5.69 Å². The molecule has 3 N–H and O–H groups in total. The summed E-state index contributed by atoms with van der Waals surface area (Å²) < 4.78 is 2.05. The molecule has 0 aliphatic carbocycles. The first-order valence-electron chi connectivity index (χ1n) is 13.4. The highest BCUT2D eigenvalue weighted by Gasteiger charge is 2.28. The number of nitrogen functional groups attached to an aromatic ring is 1. The van der Waals surface area contributed by atoms with Gasteiger partial charge in [-0.15, -0.1) is 0 Å². The van der Waals surface area contributed by atoms with Crippen LogP contribution in [0.4, 0.5) is 17.6 Å². The molecule has 3 aliphatic heterocycles. The van der Waals surface area contributed by atoms with E-state index in [1.165, 1.54) is 16.7 Å². The van der Waals surface area contributed by atoms with E-state index in [-0.39, 0.29) is 0 Å². The van der Waals surface area contributed by atoms with E-state index in [1.807, 2.05) is 7.05 Å². The highest BCUT2D eigenvalue weighted by molar-refractivity contribution is 5.66. The van der Waals surface area contributed by atoms with Gasteiger partial charge in [0.1, 0.15) is 17.9 Å². The van der Waals surface area contributed by atoms with Crippen LogP contribution in [0.3, 0.4) is 0 Å². The minimum absolute atomic E-state index is 0.308. The van der Waals surface area contributed by atoms with E-state index in [0.717, 1.165) is 81.5 Å². The molecule has 3 aromatic rings. The number of rotatable bonds is 5. The minimum Gasteiger partial charge on any atom is -0.373 e. The van der Waals surface area contributed by atoms with Crippen molar-refractivity contribution in [3.05, 3.63) is 53.3 Å². The number of nitrogens with zero attached hydrogens (tertiary/aromatic N) is 7. The zero-order valence-corrected chi connectivity index (χ0v) is 22.1. The van der Waals surface area contributed by atoms with Crippen LogP contribution in [0.1, 0.15) is 36.4 Å². The third kappa shape index (κ3) is 4.67. The van der Waals surface area contributed by atoms with Crippen LogP contribution in [0.25, 0.3) is 11.1 Å². The van der Waals surface area contributed by atoms with E-state index in [4.69, 9.17) is 5.73 Å². The molecule has 37 heavy (non-hydrogen) atoms. The molecule has 2 fully saturated rings. The largest absolute Gasteiger partial charge is 0.373 e. The summed E-state index contributed by atoms with van der Waals surface area (Å²) in [6, 6.07) is 11.3. The van der Waals surface area contributed by atoms with Crippen LogP contribution >= 0.6 is 0 Å². The Morgan fingerprint density at radius 3 is 2.41 bits per heavy atom. The molecule has 2 unspecified atom stereocenters. The van der Waals surface area contributed by atoms with Crippen LogP contribution in [0.2, 0.25) is 0 Å². The highest BCUT2D eigenvalue weighted by Crippen LogP contribution is 2.34. The molecule has 0 spiro atoms. The molecule has 6 rings (SSSR count). The number of aryl methyl sites for hydroxylation is 1. The Kier molecular flexibility index (Phi) is 6.30. The number of piperazine rings is 1. The number of anilines is 3. The summed E-state index contributed by atoms with van der Waals surface area (Å²) in [6.45, 7) is 8.87. The number of likely N-dealkylation sites (N-methyl/N-ethyl adjacent to an activating group) is 1. The Hall–Kier alpha value is -3.14. The number of hydrogen-bond donors (Lipinski definition) is 2. The summed E-state index contributed by atoms with van der Waals surface area (Å²) in [6.07, 6.45) is 3.69. The van der Waals surface area contributed by atoms with Gasteiger partial charge < -0.3 is 30.1 Å². The van der Waals surface area contributed by atoms with Crippen molar-refractivity contribution in [3.63, 3.8) is 0 Å². The average Bonchev–Trinajstić information content (AvgIpc) is 3.24. The number of aromatic nitrogens is 3. The number of aliphatic hydroxyl groups excluding tert-OH is 1. The third-order valence-corrected chi connectivity index (χ3v) is 8.31. The van der Waals surface area contributed by atoms with Crippen molar-refractivity contribution >= 4 is 17.6 Å². The lowest BCUT2D eigenvalue weighted by Gasteiger charge is -2.37. The van der Waals surface area contributed by atoms with Gasteiger partial charge in [0.15, 0.2) is 0 Å². The summed E-state index contributed by atoms with van der Waals surface area (Å²) in [5, 5.41) is 10.8. The molecule has 9 heteroatoms. The van der Waals surface area contributed by atoms with Crippen molar-refractivity contribution in [3.8, 4) is 11.1 Å². The number of likely N-dealkylation sites (tertiary alicyclic amines) is 1. The topological polar surface area (TPSA) is 89.9 Å². The standard InChI is InChI=1S/C28H38N8O/c1-19-13-20-5-6-21(23-15-24(33(3)17-23)27(37)35-7-4-8-35)14-22(20)18-36(19)26-16-25(30-28(29)31-26)34-11-9-32(2)10-12-34/h5-6,14-17,19,27,37H,4,7-13,18H2,1-3H3,(H2,29,30,31). The molecule has 0 amide bonds. The molecule has 2 saturated heterocycles. The second kappa shape index (κ2) is 9.63.